The maximum Gasteiger partial charge on any atom is 0.315 e. The summed E-state index contributed by atoms with van der Waals surface area (Å²) in [6.07, 6.45) is 0.500. The molecule has 3 aromatic rings. The molecule has 2 aromatic heterocycles. The van der Waals surface area contributed by atoms with Crippen LogP contribution in [0.5, 0.6) is 0 Å². The Morgan fingerprint density at radius 3 is 2.73 bits per heavy atom. The second-order valence-corrected chi connectivity index (χ2v) is 5.33. The van der Waals surface area contributed by atoms with Gasteiger partial charge in [-0.2, -0.15) is 0 Å². The zero-order chi connectivity index (χ0) is 15.5. The fourth-order valence-corrected chi connectivity index (χ4v) is 2.32. The van der Waals surface area contributed by atoms with Gasteiger partial charge in [0.25, 0.3) is 0 Å². The molecule has 0 unspecified atom stereocenters. The van der Waals surface area contributed by atoms with E-state index in [4.69, 9.17) is 20.5 Å². The largest absolute Gasteiger partial charge is 0.408 e. The highest BCUT2D eigenvalue weighted by Gasteiger charge is 2.12. The van der Waals surface area contributed by atoms with Crippen LogP contribution in [-0.4, -0.2) is 15.4 Å². The second kappa shape index (κ2) is 6.19. The van der Waals surface area contributed by atoms with Crippen LogP contribution in [0.15, 0.2) is 33.2 Å². The van der Waals surface area contributed by atoms with Gasteiger partial charge < -0.3 is 14.3 Å². The van der Waals surface area contributed by atoms with E-state index in [1.807, 2.05) is 38.1 Å². The minimum Gasteiger partial charge on any atom is -0.408 e. The van der Waals surface area contributed by atoms with Gasteiger partial charge in [0, 0.05) is 17.1 Å². The minimum atomic E-state index is 0.363. The van der Waals surface area contributed by atoms with Crippen molar-refractivity contribution in [1.82, 2.24) is 15.4 Å². The van der Waals surface area contributed by atoms with Crippen LogP contribution in [0.4, 0.5) is 6.01 Å². The zero-order valence-corrected chi connectivity index (χ0v) is 13.0. The number of hydrogen-bond donors (Lipinski definition) is 1. The van der Waals surface area contributed by atoms with Crippen molar-refractivity contribution in [2.75, 3.05) is 5.32 Å². The number of aromatic nitrogens is 3. The van der Waals surface area contributed by atoms with Crippen LogP contribution in [0.25, 0.3) is 0 Å². The first-order valence-corrected chi connectivity index (χ1v) is 7.22. The molecule has 0 saturated carbocycles. The summed E-state index contributed by atoms with van der Waals surface area (Å²) in [4.78, 5) is 0. The average molecular weight is 319 g/mol. The van der Waals surface area contributed by atoms with E-state index < -0.39 is 0 Å². The molecule has 0 radical (unpaired) electrons. The monoisotopic (exact) mass is 318 g/mol. The number of benzene rings is 1. The molecule has 114 valence electrons. The van der Waals surface area contributed by atoms with E-state index in [1.165, 1.54) is 0 Å². The number of nitrogens with zero attached hydrogens (tertiary/aromatic N) is 3. The highest BCUT2D eigenvalue weighted by molar-refractivity contribution is 6.31. The molecule has 1 N–H and O–H groups in total. The van der Waals surface area contributed by atoms with E-state index in [9.17, 15) is 0 Å². The molecule has 0 fully saturated rings. The Morgan fingerprint density at radius 1 is 1.18 bits per heavy atom. The lowest BCUT2D eigenvalue weighted by Gasteiger charge is -2.01. The number of hydrogen-bond acceptors (Lipinski definition) is 6. The molecular formula is C15H15ClN4O2. The van der Waals surface area contributed by atoms with Crippen LogP contribution in [0.1, 0.15) is 28.5 Å². The normalized spacial score (nSPS) is 10.9. The van der Waals surface area contributed by atoms with Crippen molar-refractivity contribution >= 4 is 17.6 Å². The summed E-state index contributed by atoms with van der Waals surface area (Å²) in [6, 6.07) is 7.94. The van der Waals surface area contributed by atoms with E-state index in [-0.39, 0.29) is 0 Å². The third-order valence-corrected chi connectivity index (χ3v) is 3.73. The molecule has 1 aromatic carbocycles. The summed E-state index contributed by atoms with van der Waals surface area (Å²) >= 11 is 6.12. The highest BCUT2D eigenvalue weighted by Crippen LogP contribution is 2.20. The van der Waals surface area contributed by atoms with Crippen molar-refractivity contribution in [2.24, 2.45) is 0 Å². The van der Waals surface area contributed by atoms with Crippen molar-refractivity contribution in [3.63, 3.8) is 0 Å². The zero-order valence-electron chi connectivity index (χ0n) is 12.3. The van der Waals surface area contributed by atoms with Crippen LogP contribution >= 0.6 is 11.6 Å². The summed E-state index contributed by atoms with van der Waals surface area (Å²) in [6.45, 7) is 4.28. The van der Waals surface area contributed by atoms with Gasteiger partial charge in [0.1, 0.15) is 5.76 Å². The first-order valence-electron chi connectivity index (χ1n) is 6.85. The van der Waals surface area contributed by atoms with Gasteiger partial charge in [-0.3, -0.25) is 0 Å². The lowest BCUT2D eigenvalue weighted by atomic mass is 10.1. The third-order valence-electron chi connectivity index (χ3n) is 3.36. The molecule has 7 heteroatoms. The van der Waals surface area contributed by atoms with Crippen molar-refractivity contribution in [3.8, 4) is 0 Å². The SMILES string of the molecule is Cc1noc(C)c1CNc1nnc(Cc2ccccc2Cl)o1. The smallest absolute Gasteiger partial charge is 0.315 e. The predicted molar refractivity (Wildman–Crippen MR) is 81.9 cm³/mol. The standard InChI is InChI=1S/C15H15ClN4O2/c1-9-12(10(2)22-20-9)8-17-15-19-18-14(21-15)7-11-5-3-4-6-13(11)16/h3-6H,7-8H2,1-2H3,(H,17,19). The van der Waals surface area contributed by atoms with Crippen molar-refractivity contribution in [3.05, 3.63) is 57.8 Å². The fourth-order valence-electron chi connectivity index (χ4n) is 2.12. The Morgan fingerprint density at radius 2 is 2.00 bits per heavy atom. The Balaban J connectivity index is 1.66. The fraction of sp³-hybridized carbons (Fsp3) is 0.267. The molecule has 3 rings (SSSR count). The van der Waals surface area contributed by atoms with Gasteiger partial charge in [0.05, 0.1) is 12.1 Å². The Kier molecular flexibility index (Phi) is 4.11. The Bertz CT molecular complexity index is 762. The van der Waals surface area contributed by atoms with Crippen LogP contribution in [0, 0.1) is 13.8 Å². The van der Waals surface area contributed by atoms with E-state index >= 15 is 0 Å². The summed E-state index contributed by atoms with van der Waals surface area (Å²) < 4.78 is 10.7. The molecule has 22 heavy (non-hydrogen) atoms. The van der Waals surface area contributed by atoms with Crippen LogP contribution in [0.2, 0.25) is 5.02 Å². The molecular weight excluding hydrogens is 304 g/mol. The van der Waals surface area contributed by atoms with Gasteiger partial charge >= 0.3 is 6.01 Å². The van der Waals surface area contributed by atoms with E-state index in [1.54, 1.807) is 0 Å². The third kappa shape index (κ3) is 3.12. The van der Waals surface area contributed by atoms with E-state index in [2.05, 4.69) is 20.7 Å². The summed E-state index contributed by atoms with van der Waals surface area (Å²) in [7, 11) is 0. The van der Waals surface area contributed by atoms with Gasteiger partial charge in [-0.15, -0.1) is 5.10 Å². The lowest BCUT2D eigenvalue weighted by molar-refractivity contribution is 0.392. The molecule has 0 aliphatic carbocycles. The molecule has 0 amide bonds. The number of rotatable bonds is 5. The van der Waals surface area contributed by atoms with Crippen molar-refractivity contribution in [2.45, 2.75) is 26.8 Å². The number of aryl methyl sites for hydroxylation is 2. The van der Waals surface area contributed by atoms with Gasteiger partial charge in [0.15, 0.2) is 0 Å². The van der Waals surface area contributed by atoms with E-state index in [0.717, 1.165) is 22.6 Å². The van der Waals surface area contributed by atoms with Crippen LogP contribution < -0.4 is 5.32 Å². The topological polar surface area (TPSA) is 77.0 Å². The molecule has 0 spiro atoms. The van der Waals surface area contributed by atoms with Gasteiger partial charge in [0.2, 0.25) is 5.89 Å². The maximum atomic E-state index is 6.12. The summed E-state index contributed by atoms with van der Waals surface area (Å²) in [5.41, 5.74) is 2.79. The summed E-state index contributed by atoms with van der Waals surface area (Å²) in [5, 5.41) is 15.7. The predicted octanol–water partition coefficient (Wildman–Crippen LogP) is 3.53. The molecule has 2 heterocycles. The molecule has 0 bridgehead atoms. The van der Waals surface area contributed by atoms with Gasteiger partial charge in [-0.05, 0) is 25.5 Å². The minimum absolute atomic E-state index is 0.363. The van der Waals surface area contributed by atoms with Crippen molar-refractivity contribution in [1.29, 1.82) is 0 Å². The molecule has 0 aliphatic rings. The lowest BCUT2D eigenvalue weighted by Crippen LogP contribution is -2.01. The summed E-state index contributed by atoms with van der Waals surface area (Å²) in [5.74, 6) is 1.29. The maximum absolute atomic E-state index is 6.12. The second-order valence-electron chi connectivity index (χ2n) is 4.93. The average Bonchev–Trinajstić information content (AvgIpc) is 3.07. The molecule has 0 atom stereocenters. The molecule has 0 aliphatic heterocycles. The van der Waals surface area contributed by atoms with Crippen LogP contribution in [0.3, 0.4) is 0 Å². The highest BCUT2D eigenvalue weighted by atomic mass is 35.5. The molecule has 0 saturated heterocycles. The van der Waals surface area contributed by atoms with Crippen LogP contribution in [-0.2, 0) is 13.0 Å². The number of halogens is 1. The van der Waals surface area contributed by atoms with Gasteiger partial charge in [-0.25, -0.2) is 0 Å². The first-order chi connectivity index (χ1) is 10.6. The number of nitrogens with one attached hydrogen (secondary N) is 1. The van der Waals surface area contributed by atoms with Gasteiger partial charge in [-0.1, -0.05) is 40.1 Å². The van der Waals surface area contributed by atoms with Crippen molar-refractivity contribution < 1.29 is 8.94 Å². The Labute approximate surface area is 132 Å². The van der Waals surface area contributed by atoms with E-state index in [0.29, 0.717) is 29.9 Å². The Hall–Kier alpha value is -2.34. The first kappa shape index (κ1) is 14.6. The quantitative estimate of drug-likeness (QED) is 0.775. The molecule has 6 nitrogen and oxygen atoms in total. The number of anilines is 1.